The van der Waals surface area contributed by atoms with Crippen LogP contribution in [-0.2, 0) is 0 Å². The van der Waals surface area contributed by atoms with Crippen molar-refractivity contribution >= 4 is 34.2 Å². The number of ether oxygens (including phenoxy) is 1. The molecule has 0 saturated heterocycles. The van der Waals surface area contributed by atoms with Crippen LogP contribution in [0.15, 0.2) is 24.5 Å². The van der Waals surface area contributed by atoms with E-state index in [1.54, 1.807) is 13.4 Å². The van der Waals surface area contributed by atoms with E-state index in [-0.39, 0.29) is 0 Å². The molecule has 0 fully saturated rings. The van der Waals surface area contributed by atoms with Crippen LogP contribution < -0.4 is 4.74 Å². The van der Waals surface area contributed by atoms with Gasteiger partial charge in [0, 0.05) is 3.57 Å². The third kappa shape index (κ3) is 2.04. The Morgan fingerprint density at radius 1 is 1.44 bits per heavy atom. The maximum atomic E-state index is 6.16. The zero-order valence-corrected chi connectivity index (χ0v) is 11.8. The molecule has 1 aromatic heterocycles. The van der Waals surface area contributed by atoms with Crippen LogP contribution >= 0.6 is 34.2 Å². The molecular formula is C11H10ClIN2O. The van der Waals surface area contributed by atoms with E-state index in [9.17, 15) is 0 Å². The number of aromatic nitrogens is 2. The van der Waals surface area contributed by atoms with Gasteiger partial charge >= 0.3 is 0 Å². The fourth-order valence-electron chi connectivity index (χ4n) is 1.44. The topological polar surface area (TPSA) is 27.1 Å². The summed E-state index contributed by atoms with van der Waals surface area (Å²) >= 11 is 8.40. The summed E-state index contributed by atoms with van der Waals surface area (Å²) in [5.74, 6) is 0.784. The number of benzene rings is 1. The van der Waals surface area contributed by atoms with Crippen LogP contribution in [0.4, 0.5) is 0 Å². The first-order chi connectivity index (χ1) is 7.63. The Balaban J connectivity index is 2.59. The lowest BCUT2D eigenvalue weighted by Crippen LogP contribution is -1.97. The lowest BCUT2D eigenvalue weighted by atomic mass is 10.3. The number of methoxy groups -OCH3 is 1. The number of imidazole rings is 1. The summed E-state index contributed by atoms with van der Waals surface area (Å²) in [7, 11) is 1.65. The zero-order valence-electron chi connectivity index (χ0n) is 8.87. The molecule has 0 bridgehead atoms. The van der Waals surface area contributed by atoms with E-state index in [0.717, 1.165) is 20.7 Å². The van der Waals surface area contributed by atoms with Gasteiger partial charge in [-0.15, -0.1) is 0 Å². The summed E-state index contributed by atoms with van der Waals surface area (Å²) in [5.41, 5.74) is 1.70. The molecule has 2 aromatic rings. The zero-order chi connectivity index (χ0) is 11.7. The van der Waals surface area contributed by atoms with Gasteiger partial charge in [0.1, 0.15) is 17.2 Å². The molecule has 0 spiro atoms. The van der Waals surface area contributed by atoms with Crippen molar-refractivity contribution < 1.29 is 4.74 Å². The fourth-order valence-corrected chi connectivity index (χ4v) is 2.09. The Kier molecular flexibility index (Phi) is 3.39. The molecule has 2 rings (SSSR count). The van der Waals surface area contributed by atoms with Gasteiger partial charge < -0.3 is 4.74 Å². The molecule has 0 unspecified atom stereocenters. The Bertz CT molecular complexity index is 525. The summed E-state index contributed by atoms with van der Waals surface area (Å²) < 4.78 is 8.26. The van der Waals surface area contributed by atoms with Crippen molar-refractivity contribution in [2.75, 3.05) is 7.11 Å². The van der Waals surface area contributed by atoms with Crippen molar-refractivity contribution in [3.05, 3.63) is 38.9 Å². The lowest BCUT2D eigenvalue weighted by Gasteiger charge is -2.10. The summed E-state index contributed by atoms with van der Waals surface area (Å²) in [6.07, 6.45) is 1.70. The molecule has 16 heavy (non-hydrogen) atoms. The van der Waals surface area contributed by atoms with Gasteiger partial charge in [0.15, 0.2) is 0 Å². The van der Waals surface area contributed by atoms with Gasteiger partial charge in [0.2, 0.25) is 0 Å². The van der Waals surface area contributed by atoms with Gasteiger partial charge in [-0.3, -0.25) is 4.57 Å². The first-order valence-electron chi connectivity index (χ1n) is 4.67. The molecule has 0 aliphatic rings. The van der Waals surface area contributed by atoms with Crippen molar-refractivity contribution in [2.45, 2.75) is 6.92 Å². The number of hydrogen-bond acceptors (Lipinski definition) is 2. The number of aryl methyl sites for hydroxylation is 1. The minimum Gasteiger partial charge on any atom is -0.495 e. The first-order valence-corrected chi connectivity index (χ1v) is 6.12. The van der Waals surface area contributed by atoms with Gasteiger partial charge in [-0.05, 0) is 47.7 Å². The highest BCUT2D eigenvalue weighted by atomic mass is 127. The molecule has 1 heterocycles. The van der Waals surface area contributed by atoms with Crippen LogP contribution in [0.5, 0.6) is 5.75 Å². The van der Waals surface area contributed by atoms with Crippen LogP contribution in [-0.4, -0.2) is 16.7 Å². The number of nitrogens with zero attached hydrogens (tertiary/aromatic N) is 2. The lowest BCUT2D eigenvalue weighted by molar-refractivity contribution is 0.412. The summed E-state index contributed by atoms with van der Waals surface area (Å²) in [4.78, 5) is 4.16. The average Bonchev–Trinajstić information content (AvgIpc) is 2.60. The van der Waals surface area contributed by atoms with E-state index >= 15 is 0 Å². The van der Waals surface area contributed by atoms with Crippen LogP contribution in [0.2, 0.25) is 5.15 Å². The Morgan fingerprint density at radius 3 is 2.75 bits per heavy atom. The summed E-state index contributed by atoms with van der Waals surface area (Å²) in [6.45, 7) is 1.87. The third-order valence-corrected chi connectivity index (χ3v) is 3.40. The maximum Gasteiger partial charge on any atom is 0.143 e. The van der Waals surface area contributed by atoms with Gasteiger partial charge in [0.05, 0.1) is 18.5 Å². The fraction of sp³-hybridized carbons (Fsp3) is 0.182. The predicted molar refractivity (Wildman–Crippen MR) is 72.6 cm³/mol. The van der Waals surface area contributed by atoms with E-state index in [2.05, 4.69) is 27.6 Å². The minimum atomic E-state index is 0.611. The summed E-state index contributed by atoms with van der Waals surface area (Å²) in [5, 5.41) is 0.611. The SMILES string of the molecule is COc1cc(I)ccc1-n1cnc(C)c1Cl. The molecule has 3 nitrogen and oxygen atoms in total. The van der Waals surface area contributed by atoms with Crippen LogP contribution in [0.25, 0.3) is 5.69 Å². The second kappa shape index (κ2) is 4.63. The molecule has 0 saturated carbocycles. The largest absolute Gasteiger partial charge is 0.495 e. The van der Waals surface area contributed by atoms with Gasteiger partial charge in [-0.2, -0.15) is 0 Å². The number of halogens is 2. The van der Waals surface area contributed by atoms with Gasteiger partial charge in [-0.25, -0.2) is 4.98 Å². The molecule has 0 atom stereocenters. The molecule has 0 aliphatic carbocycles. The van der Waals surface area contributed by atoms with Crippen LogP contribution in [0.3, 0.4) is 0 Å². The molecular weight excluding hydrogens is 338 g/mol. The molecule has 0 radical (unpaired) electrons. The van der Waals surface area contributed by atoms with E-state index in [0.29, 0.717) is 5.15 Å². The number of hydrogen-bond donors (Lipinski definition) is 0. The Labute approximate surface area is 113 Å². The van der Waals surface area contributed by atoms with Crippen molar-refractivity contribution in [3.8, 4) is 11.4 Å². The molecule has 0 aliphatic heterocycles. The van der Waals surface area contributed by atoms with Gasteiger partial charge in [0.25, 0.3) is 0 Å². The normalized spacial score (nSPS) is 10.5. The first kappa shape index (κ1) is 11.7. The van der Waals surface area contributed by atoms with E-state index in [1.807, 2.05) is 29.7 Å². The summed E-state index contributed by atoms with van der Waals surface area (Å²) in [6, 6.07) is 5.93. The van der Waals surface area contributed by atoms with Crippen molar-refractivity contribution in [1.29, 1.82) is 0 Å². The van der Waals surface area contributed by atoms with Crippen LogP contribution in [0.1, 0.15) is 5.69 Å². The second-order valence-electron chi connectivity index (χ2n) is 3.31. The predicted octanol–water partition coefficient (Wildman–Crippen LogP) is 3.45. The highest BCUT2D eigenvalue weighted by molar-refractivity contribution is 14.1. The monoisotopic (exact) mass is 348 g/mol. The second-order valence-corrected chi connectivity index (χ2v) is 4.91. The van der Waals surface area contributed by atoms with E-state index in [4.69, 9.17) is 16.3 Å². The quantitative estimate of drug-likeness (QED) is 0.777. The van der Waals surface area contributed by atoms with Crippen molar-refractivity contribution in [1.82, 2.24) is 9.55 Å². The molecule has 0 amide bonds. The highest BCUT2D eigenvalue weighted by Gasteiger charge is 2.11. The Morgan fingerprint density at radius 2 is 2.19 bits per heavy atom. The smallest absolute Gasteiger partial charge is 0.143 e. The molecule has 0 N–H and O–H groups in total. The third-order valence-electron chi connectivity index (χ3n) is 2.28. The Hall–Kier alpha value is -0.750. The average molecular weight is 349 g/mol. The standard InChI is InChI=1S/C11H10ClIN2O/c1-7-11(12)15(6-14-7)9-4-3-8(13)5-10(9)16-2/h3-6H,1-2H3. The highest BCUT2D eigenvalue weighted by Crippen LogP contribution is 2.28. The van der Waals surface area contributed by atoms with Gasteiger partial charge in [-0.1, -0.05) is 11.6 Å². The van der Waals surface area contributed by atoms with Crippen LogP contribution in [0, 0.1) is 10.5 Å². The van der Waals surface area contributed by atoms with Crippen molar-refractivity contribution in [3.63, 3.8) is 0 Å². The van der Waals surface area contributed by atoms with E-state index in [1.165, 1.54) is 0 Å². The van der Waals surface area contributed by atoms with E-state index < -0.39 is 0 Å². The van der Waals surface area contributed by atoms with Crippen molar-refractivity contribution in [2.24, 2.45) is 0 Å². The maximum absolute atomic E-state index is 6.16. The molecule has 1 aromatic carbocycles. The number of rotatable bonds is 2. The minimum absolute atomic E-state index is 0.611. The molecule has 84 valence electrons. The molecule has 5 heteroatoms.